The highest BCUT2D eigenvalue weighted by Gasteiger charge is 2.21. The molecule has 7 nitrogen and oxygen atoms in total. The normalized spacial score (nSPS) is 13.7. The van der Waals surface area contributed by atoms with E-state index in [-0.39, 0.29) is 11.5 Å². The Morgan fingerprint density at radius 2 is 1.86 bits per heavy atom. The molecule has 36 heavy (non-hydrogen) atoms. The standard InChI is InChI=1S/C28H27N3O4S/c1-19-6-3-4-7-21(19)18-36-28-29-25-16-20(26(32)30-12-14-35-15-13-30)10-11-24(25)27(33)31(28)22-8-5-9-23(17-22)34-2/h3-11,16-17H,12-15,18H2,1-2H3. The van der Waals surface area contributed by atoms with Crippen molar-refractivity contribution in [3.63, 3.8) is 0 Å². The van der Waals surface area contributed by atoms with Crippen LogP contribution in [0.4, 0.5) is 0 Å². The average Bonchev–Trinajstić information content (AvgIpc) is 2.92. The average molecular weight is 502 g/mol. The van der Waals surface area contributed by atoms with Crippen molar-refractivity contribution in [2.45, 2.75) is 17.8 Å². The number of aromatic nitrogens is 2. The van der Waals surface area contributed by atoms with Gasteiger partial charge in [-0.15, -0.1) is 0 Å². The van der Waals surface area contributed by atoms with Crippen LogP contribution in [0.25, 0.3) is 16.6 Å². The molecule has 0 radical (unpaired) electrons. The Balaban J connectivity index is 1.60. The van der Waals surface area contributed by atoms with Crippen LogP contribution in [-0.4, -0.2) is 53.8 Å². The van der Waals surface area contributed by atoms with Crippen LogP contribution in [0.1, 0.15) is 21.5 Å². The number of morpholine rings is 1. The molecule has 0 spiro atoms. The highest BCUT2D eigenvalue weighted by atomic mass is 32.2. The Morgan fingerprint density at radius 1 is 1.06 bits per heavy atom. The molecule has 0 bridgehead atoms. The minimum atomic E-state index is -0.189. The van der Waals surface area contributed by atoms with Crippen LogP contribution in [-0.2, 0) is 10.5 Å². The van der Waals surface area contributed by atoms with Crippen molar-refractivity contribution in [1.82, 2.24) is 14.5 Å². The Bertz CT molecular complexity index is 1480. The summed E-state index contributed by atoms with van der Waals surface area (Å²) in [5.74, 6) is 1.23. The molecule has 1 saturated heterocycles. The number of amides is 1. The zero-order chi connectivity index (χ0) is 25.1. The summed E-state index contributed by atoms with van der Waals surface area (Å²) in [6.45, 7) is 4.24. The molecule has 0 saturated carbocycles. The van der Waals surface area contributed by atoms with Crippen molar-refractivity contribution >= 4 is 28.6 Å². The predicted molar refractivity (Wildman–Crippen MR) is 141 cm³/mol. The van der Waals surface area contributed by atoms with Crippen molar-refractivity contribution in [1.29, 1.82) is 0 Å². The third kappa shape index (κ3) is 4.87. The van der Waals surface area contributed by atoms with Gasteiger partial charge in [-0.1, -0.05) is 42.1 Å². The van der Waals surface area contributed by atoms with E-state index in [0.717, 1.165) is 0 Å². The molecule has 0 unspecified atom stereocenters. The van der Waals surface area contributed by atoms with Crippen molar-refractivity contribution in [2.75, 3.05) is 33.4 Å². The zero-order valence-corrected chi connectivity index (χ0v) is 21.1. The highest BCUT2D eigenvalue weighted by molar-refractivity contribution is 7.98. The lowest BCUT2D eigenvalue weighted by molar-refractivity contribution is 0.0303. The van der Waals surface area contributed by atoms with Crippen LogP contribution in [0.3, 0.4) is 0 Å². The van der Waals surface area contributed by atoms with Gasteiger partial charge in [-0.25, -0.2) is 4.98 Å². The number of ether oxygens (including phenoxy) is 2. The fraction of sp³-hybridized carbons (Fsp3) is 0.250. The van der Waals surface area contributed by atoms with E-state index in [0.29, 0.717) is 65.1 Å². The number of aryl methyl sites for hydroxylation is 1. The van der Waals surface area contributed by atoms with E-state index < -0.39 is 0 Å². The van der Waals surface area contributed by atoms with E-state index in [1.807, 2.05) is 36.4 Å². The number of hydrogen-bond donors (Lipinski definition) is 0. The molecule has 0 N–H and O–H groups in total. The maximum Gasteiger partial charge on any atom is 0.266 e. The molecule has 5 rings (SSSR count). The fourth-order valence-corrected chi connectivity index (χ4v) is 5.32. The predicted octanol–water partition coefficient (Wildman–Crippen LogP) is 4.47. The molecular weight excluding hydrogens is 474 g/mol. The van der Waals surface area contributed by atoms with Crippen LogP contribution in [0, 0.1) is 6.92 Å². The van der Waals surface area contributed by atoms with Gasteiger partial charge >= 0.3 is 0 Å². The van der Waals surface area contributed by atoms with Gasteiger partial charge in [-0.05, 0) is 48.4 Å². The maximum absolute atomic E-state index is 13.8. The maximum atomic E-state index is 13.8. The second kappa shape index (κ2) is 10.6. The highest BCUT2D eigenvalue weighted by Crippen LogP contribution is 2.27. The Hall–Kier alpha value is -3.62. The first-order valence-corrected chi connectivity index (χ1v) is 12.8. The van der Waals surface area contributed by atoms with Crippen molar-refractivity contribution in [2.24, 2.45) is 0 Å². The molecule has 1 aliphatic rings. The van der Waals surface area contributed by atoms with Crippen LogP contribution < -0.4 is 10.3 Å². The molecule has 1 aliphatic heterocycles. The molecule has 4 aromatic rings. The SMILES string of the molecule is COc1cccc(-n2c(SCc3ccccc3C)nc3cc(C(=O)N4CCOCC4)ccc3c2=O)c1. The van der Waals surface area contributed by atoms with Gasteiger partial charge in [0.2, 0.25) is 0 Å². The summed E-state index contributed by atoms with van der Waals surface area (Å²) in [7, 11) is 1.60. The summed E-state index contributed by atoms with van der Waals surface area (Å²) in [5, 5.41) is 1.01. The second-order valence-electron chi connectivity index (χ2n) is 8.59. The molecule has 3 aromatic carbocycles. The number of thioether (sulfide) groups is 1. The van der Waals surface area contributed by atoms with Gasteiger partial charge in [0, 0.05) is 30.5 Å². The van der Waals surface area contributed by atoms with Gasteiger partial charge in [0.05, 0.1) is 36.9 Å². The first-order chi connectivity index (χ1) is 17.5. The van der Waals surface area contributed by atoms with Gasteiger partial charge in [0.15, 0.2) is 5.16 Å². The molecule has 1 amide bonds. The molecule has 1 fully saturated rings. The number of benzene rings is 3. The molecule has 0 aliphatic carbocycles. The third-order valence-electron chi connectivity index (χ3n) is 6.31. The number of hydrogen-bond acceptors (Lipinski definition) is 6. The largest absolute Gasteiger partial charge is 0.497 e. The quantitative estimate of drug-likeness (QED) is 0.287. The van der Waals surface area contributed by atoms with Gasteiger partial charge < -0.3 is 14.4 Å². The van der Waals surface area contributed by atoms with Crippen molar-refractivity contribution in [3.05, 3.63) is 93.8 Å². The van der Waals surface area contributed by atoms with Crippen molar-refractivity contribution < 1.29 is 14.3 Å². The minimum absolute atomic E-state index is 0.0758. The second-order valence-corrected chi connectivity index (χ2v) is 9.53. The van der Waals surface area contributed by atoms with Gasteiger partial charge in [-0.2, -0.15) is 0 Å². The first-order valence-electron chi connectivity index (χ1n) is 11.8. The lowest BCUT2D eigenvalue weighted by Crippen LogP contribution is -2.40. The summed E-state index contributed by atoms with van der Waals surface area (Å²) >= 11 is 1.49. The van der Waals surface area contributed by atoms with E-state index in [2.05, 4.69) is 19.1 Å². The monoisotopic (exact) mass is 501 g/mol. The van der Waals surface area contributed by atoms with Crippen molar-refractivity contribution in [3.8, 4) is 11.4 Å². The Labute approximate surface area is 213 Å². The topological polar surface area (TPSA) is 73.7 Å². The number of nitrogens with zero attached hydrogens (tertiary/aromatic N) is 3. The number of methoxy groups -OCH3 is 1. The lowest BCUT2D eigenvalue weighted by atomic mass is 10.1. The number of carbonyl (C=O) groups excluding carboxylic acids is 1. The summed E-state index contributed by atoms with van der Waals surface area (Å²) in [6.07, 6.45) is 0. The van der Waals surface area contributed by atoms with Gasteiger partial charge in [0.25, 0.3) is 11.5 Å². The fourth-order valence-electron chi connectivity index (χ4n) is 4.24. The molecular formula is C28H27N3O4S. The summed E-state index contributed by atoms with van der Waals surface area (Å²) in [4.78, 5) is 33.5. The molecule has 1 aromatic heterocycles. The third-order valence-corrected chi connectivity index (χ3v) is 7.30. The first kappa shape index (κ1) is 24.1. The van der Waals surface area contributed by atoms with E-state index in [1.54, 1.807) is 34.8 Å². The van der Waals surface area contributed by atoms with E-state index >= 15 is 0 Å². The van der Waals surface area contributed by atoms with Crippen LogP contribution in [0.5, 0.6) is 5.75 Å². The number of fused-ring (bicyclic) bond motifs is 1. The van der Waals surface area contributed by atoms with E-state index in [9.17, 15) is 9.59 Å². The Morgan fingerprint density at radius 3 is 2.64 bits per heavy atom. The van der Waals surface area contributed by atoms with Crippen LogP contribution in [0.2, 0.25) is 0 Å². The minimum Gasteiger partial charge on any atom is -0.497 e. The Kier molecular flexibility index (Phi) is 7.06. The summed E-state index contributed by atoms with van der Waals surface area (Å²) in [6, 6.07) is 20.7. The molecule has 2 heterocycles. The van der Waals surface area contributed by atoms with Crippen LogP contribution >= 0.6 is 11.8 Å². The molecule has 8 heteroatoms. The summed E-state index contributed by atoms with van der Waals surface area (Å²) < 4.78 is 12.4. The summed E-state index contributed by atoms with van der Waals surface area (Å²) in [5.41, 5.74) is 3.86. The smallest absolute Gasteiger partial charge is 0.266 e. The van der Waals surface area contributed by atoms with E-state index in [4.69, 9.17) is 14.5 Å². The molecule has 0 atom stereocenters. The molecule has 184 valence electrons. The number of rotatable bonds is 6. The van der Waals surface area contributed by atoms with Gasteiger partial charge in [0.1, 0.15) is 5.75 Å². The van der Waals surface area contributed by atoms with Gasteiger partial charge in [-0.3, -0.25) is 14.2 Å². The zero-order valence-electron chi connectivity index (χ0n) is 20.3. The van der Waals surface area contributed by atoms with E-state index in [1.165, 1.54) is 22.9 Å². The number of carbonyl (C=O) groups is 1. The van der Waals surface area contributed by atoms with Crippen LogP contribution in [0.15, 0.2) is 76.7 Å². The lowest BCUT2D eigenvalue weighted by Gasteiger charge is -2.26.